The summed E-state index contributed by atoms with van der Waals surface area (Å²) in [7, 11) is 0. The first kappa shape index (κ1) is 16.4. The Labute approximate surface area is 171 Å². The van der Waals surface area contributed by atoms with Crippen LogP contribution >= 0.6 is 22.6 Å². The second kappa shape index (κ2) is 6.74. The van der Waals surface area contributed by atoms with E-state index in [1.165, 1.54) is 5.39 Å². The lowest BCUT2D eigenvalue weighted by Crippen LogP contribution is -1.97. The maximum Gasteiger partial charge on any atom is 0.128 e. The number of benzene rings is 4. The molecule has 0 amide bonds. The quantitative estimate of drug-likeness (QED) is 0.217. The average molecular weight is 458 g/mol. The van der Waals surface area contributed by atoms with Crippen LogP contribution in [0.2, 0.25) is 0 Å². The van der Waals surface area contributed by atoms with Crippen LogP contribution in [0, 0.1) is 3.70 Å². The molecule has 0 radical (unpaired) electrons. The van der Waals surface area contributed by atoms with Crippen LogP contribution in [-0.4, -0.2) is 9.97 Å². The van der Waals surface area contributed by atoms with Gasteiger partial charge >= 0.3 is 0 Å². The van der Waals surface area contributed by atoms with Gasteiger partial charge in [0.05, 0.1) is 11.0 Å². The fraction of sp³-hybridized carbons (Fsp3) is 0. The Morgan fingerprint density at radius 1 is 0.593 bits per heavy atom. The van der Waals surface area contributed by atoms with Crippen molar-refractivity contribution in [2.75, 3.05) is 0 Å². The Morgan fingerprint density at radius 2 is 1.22 bits per heavy atom. The van der Waals surface area contributed by atoms with Gasteiger partial charge in [0.15, 0.2) is 0 Å². The van der Waals surface area contributed by atoms with E-state index < -0.39 is 0 Å². The second-order valence-corrected chi connectivity index (χ2v) is 7.46. The van der Waals surface area contributed by atoms with Crippen LogP contribution in [0.25, 0.3) is 44.2 Å². The van der Waals surface area contributed by atoms with Gasteiger partial charge in [-0.3, -0.25) is 0 Å². The predicted molar refractivity (Wildman–Crippen MR) is 121 cm³/mol. The van der Waals surface area contributed by atoms with Crippen molar-refractivity contribution < 1.29 is 0 Å². The maximum atomic E-state index is 5.10. The van der Waals surface area contributed by atoms with E-state index >= 15 is 0 Å². The average Bonchev–Trinajstić information content (AvgIpc) is 2.74. The SMILES string of the molecule is Ic1nc2c(nc1-c1ccccc1)c(-c1ccccc1)cc1ccccc12. The van der Waals surface area contributed by atoms with Crippen molar-refractivity contribution in [3.05, 3.63) is 94.7 Å². The van der Waals surface area contributed by atoms with Crippen molar-refractivity contribution >= 4 is 44.4 Å². The third-order valence-electron chi connectivity index (χ3n) is 4.76. The summed E-state index contributed by atoms with van der Waals surface area (Å²) in [4.78, 5) is 10.1. The molecule has 0 saturated heterocycles. The third-order valence-corrected chi connectivity index (χ3v) is 5.51. The van der Waals surface area contributed by atoms with Crippen LogP contribution in [0.5, 0.6) is 0 Å². The molecule has 0 saturated carbocycles. The van der Waals surface area contributed by atoms with Crippen LogP contribution in [0.3, 0.4) is 0 Å². The molecule has 3 heteroatoms. The first-order valence-electron chi connectivity index (χ1n) is 8.81. The molecule has 0 aliphatic rings. The predicted octanol–water partition coefficient (Wildman–Crippen LogP) is 6.72. The molecule has 0 atom stereocenters. The van der Waals surface area contributed by atoms with E-state index in [1.54, 1.807) is 0 Å². The zero-order chi connectivity index (χ0) is 18.2. The van der Waals surface area contributed by atoms with E-state index in [4.69, 9.17) is 9.97 Å². The molecule has 0 aliphatic carbocycles. The molecule has 128 valence electrons. The molecular weight excluding hydrogens is 443 g/mol. The summed E-state index contributed by atoms with van der Waals surface area (Å²) in [5.41, 5.74) is 6.18. The Hall–Kier alpha value is -2.79. The minimum atomic E-state index is 0.918. The van der Waals surface area contributed by atoms with Gasteiger partial charge in [0.1, 0.15) is 9.39 Å². The normalized spacial score (nSPS) is 11.1. The number of fused-ring (bicyclic) bond motifs is 3. The second-order valence-electron chi connectivity index (χ2n) is 6.44. The molecule has 5 rings (SSSR count). The van der Waals surface area contributed by atoms with E-state index in [1.807, 2.05) is 24.3 Å². The van der Waals surface area contributed by atoms with E-state index in [9.17, 15) is 0 Å². The van der Waals surface area contributed by atoms with Crippen LogP contribution in [-0.2, 0) is 0 Å². The standard InChI is InChI=1S/C24H15IN2/c25-24-21(17-11-5-2-6-12-17)26-23-20(16-9-3-1-4-10-16)15-18-13-7-8-14-19(18)22(23)27-24/h1-15H. The Kier molecular flexibility index (Phi) is 4.09. The van der Waals surface area contributed by atoms with Crippen LogP contribution in [0.15, 0.2) is 91.0 Å². The Morgan fingerprint density at radius 3 is 1.96 bits per heavy atom. The fourth-order valence-electron chi connectivity index (χ4n) is 3.47. The zero-order valence-electron chi connectivity index (χ0n) is 14.4. The highest BCUT2D eigenvalue weighted by Crippen LogP contribution is 2.35. The molecule has 1 heterocycles. The van der Waals surface area contributed by atoms with E-state index in [2.05, 4.69) is 89.3 Å². The molecule has 4 aromatic carbocycles. The van der Waals surface area contributed by atoms with Crippen LogP contribution in [0.4, 0.5) is 0 Å². The molecular formula is C24H15IN2. The van der Waals surface area contributed by atoms with Crippen molar-refractivity contribution in [2.24, 2.45) is 0 Å². The highest BCUT2D eigenvalue weighted by molar-refractivity contribution is 14.1. The van der Waals surface area contributed by atoms with Crippen LogP contribution in [0.1, 0.15) is 0 Å². The summed E-state index contributed by atoms with van der Waals surface area (Å²) >= 11 is 2.30. The molecule has 0 aliphatic heterocycles. The molecule has 0 N–H and O–H groups in total. The number of halogens is 1. The molecule has 0 bridgehead atoms. The molecule has 0 fully saturated rings. The van der Waals surface area contributed by atoms with Gasteiger partial charge in [-0.1, -0.05) is 84.9 Å². The third kappa shape index (κ3) is 2.88. The molecule has 27 heavy (non-hydrogen) atoms. The Balaban J connectivity index is 1.92. The van der Waals surface area contributed by atoms with Crippen molar-refractivity contribution in [1.82, 2.24) is 9.97 Å². The molecule has 0 unspecified atom stereocenters. The summed E-state index contributed by atoms with van der Waals surface area (Å²) in [6.45, 7) is 0. The van der Waals surface area contributed by atoms with Gasteiger partial charge in [-0.2, -0.15) is 0 Å². The minimum absolute atomic E-state index is 0.918. The van der Waals surface area contributed by atoms with E-state index in [-0.39, 0.29) is 0 Å². The summed E-state index contributed by atoms with van der Waals surface area (Å²) in [6, 6.07) is 31.3. The summed E-state index contributed by atoms with van der Waals surface area (Å²) < 4.78 is 0.918. The van der Waals surface area contributed by atoms with Crippen molar-refractivity contribution in [1.29, 1.82) is 0 Å². The summed E-state index contributed by atoms with van der Waals surface area (Å²) in [5.74, 6) is 0. The van der Waals surface area contributed by atoms with Gasteiger partial charge < -0.3 is 0 Å². The van der Waals surface area contributed by atoms with E-state index in [0.29, 0.717) is 0 Å². The number of aromatic nitrogens is 2. The number of hydrogen-bond acceptors (Lipinski definition) is 2. The zero-order valence-corrected chi connectivity index (χ0v) is 16.6. The van der Waals surface area contributed by atoms with Crippen molar-refractivity contribution in [3.63, 3.8) is 0 Å². The first-order chi connectivity index (χ1) is 13.3. The van der Waals surface area contributed by atoms with Gasteiger partial charge in [0, 0.05) is 16.5 Å². The smallest absolute Gasteiger partial charge is 0.128 e. The first-order valence-corrected chi connectivity index (χ1v) is 9.89. The number of nitrogens with zero attached hydrogens (tertiary/aromatic N) is 2. The minimum Gasteiger partial charge on any atom is -0.243 e. The topological polar surface area (TPSA) is 25.8 Å². The van der Waals surface area contributed by atoms with Crippen LogP contribution < -0.4 is 0 Å². The van der Waals surface area contributed by atoms with Gasteiger partial charge in [0.25, 0.3) is 0 Å². The molecule has 2 nitrogen and oxygen atoms in total. The Bertz CT molecular complexity index is 1270. The van der Waals surface area contributed by atoms with Gasteiger partial charge in [-0.25, -0.2) is 9.97 Å². The molecule has 5 aromatic rings. The maximum absolute atomic E-state index is 5.10. The largest absolute Gasteiger partial charge is 0.243 e. The lowest BCUT2D eigenvalue weighted by molar-refractivity contribution is 1.26. The molecule has 0 spiro atoms. The lowest BCUT2D eigenvalue weighted by atomic mass is 9.98. The summed E-state index contributed by atoms with van der Waals surface area (Å²) in [6.07, 6.45) is 0. The van der Waals surface area contributed by atoms with E-state index in [0.717, 1.165) is 42.5 Å². The highest BCUT2D eigenvalue weighted by Gasteiger charge is 2.15. The van der Waals surface area contributed by atoms with Crippen molar-refractivity contribution in [2.45, 2.75) is 0 Å². The van der Waals surface area contributed by atoms with Crippen molar-refractivity contribution in [3.8, 4) is 22.4 Å². The number of rotatable bonds is 2. The molecule has 1 aromatic heterocycles. The summed E-state index contributed by atoms with van der Waals surface area (Å²) in [5, 5.41) is 2.32. The van der Waals surface area contributed by atoms with Gasteiger partial charge in [0.2, 0.25) is 0 Å². The fourth-order valence-corrected chi connectivity index (χ4v) is 4.14. The lowest BCUT2D eigenvalue weighted by Gasteiger charge is -2.12. The van der Waals surface area contributed by atoms with Gasteiger partial charge in [-0.05, 0) is 39.6 Å². The monoisotopic (exact) mass is 458 g/mol. The van der Waals surface area contributed by atoms with Gasteiger partial charge in [-0.15, -0.1) is 0 Å². The number of hydrogen-bond donors (Lipinski definition) is 0. The highest BCUT2D eigenvalue weighted by atomic mass is 127.